The minimum absolute atomic E-state index is 0.147. The first kappa shape index (κ1) is 14.8. The van der Waals surface area contributed by atoms with Gasteiger partial charge in [0.05, 0.1) is 24.8 Å². The summed E-state index contributed by atoms with van der Waals surface area (Å²) in [6, 6.07) is 4.51. The lowest BCUT2D eigenvalue weighted by Crippen LogP contribution is -2.38. The number of benzene rings is 1. The smallest absolute Gasteiger partial charge is 0.394 e. The van der Waals surface area contributed by atoms with E-state index in [0.29, 0.717) is 5.56 Å². The monoisotopic (exact) mass is 288 g/mol. The lowest BCUT2D eigenvalue weighted by molar-refractivity contribution is -0.138. The van der Waals surface area contributed by atoms with Crippen LogP contribution in [0.3, 0.4) is 0 Å². The van der Waals surface area contributed by atoms with Crippen LogP contribution in [0.5, 0.6) is 0 Å². The topological polar surface area (TPSA) is 43.8 Å². The van der Waals surface area contributed by atoms with Crippen molar-refractivity contribution in [1.82, 2.24) is 10.0 Å². The number of amides is 1. The number of nitrogens with zero attached hydrogens (tertiary/aromatic N) is 2. The predicted octanol–water partition coefficient (Wildman–Crippen LogP) is 1.82. The van der Waals surface area contributed by atoms with E-state index >= 15 is 0 Å². The quantitative estimate of drug-likeness (QED) is 0.922. The van der Waals surface area contributed by atoms with E-state index in [9.17, 15) is 18.0 Å². The Kier molecular flexibility index (Phi) is 4.01. The highest BCUT2D eigenvalue weighted by molar-refractivity contribution is 5.78. The molecule has 1 atom stereocenters. The number of hydrogen-bond acceptors (Lipinski definition) is 3. The Morgan fingerprint density at radius 1 is 1.30 bits per heavy atom. The molecule has 1 heterocycles. The number of hydrogen-bond donors (Lipinski definition) is 1. The first-order chi connectivity index (χ1) is 9.34. The van der Waals surface area contributed by atoms with E-state index in [1.165, 1.54) is 17.1 Å². The van der Waals surface area contributed by atoms with Gasteiger partial charge in [-0.25, -0.2) is 5.01 Å². The zero-order valence-electron chi connectivity index (χ0n) is 10.9. The normalized spacial score (nSPS) is 20.8. The summed E-state index contributed by atoms with van der Waals surface area (Å²) in [5.74, 6) is -0.147. The van der Waals surface area contributed by atoms with E-state index in [1.54, 1.807) is 12.1 Å². The standard InChI is InChI=1S/C13H15F3N2O2/c1-17-11(8-12(20)18(17)6-7-19)9-2-4-10(5-3-9)13(14,15)16/h2-5,11,19H,6-8H2,1H3. The van der Waals surface area contributed by atoms with Crippen molar-refractivity contribution in [2.75, 3.05) is 20.2 Å². The van der Waals surface area contributed by atoms with E-state index in [1.807, 2.05) is 0 Å². The van der Waals surface area contributed by atoms with Crippen LogP contribution in [-0.2, 0) is 11.0 Å². The summed E-state index contributed by atoms with van der Waals surface area (Å²) in [7, 11) is 1.68. The Balaban J connectivity index is 2.18. The molecule has 4 nitrogen and oxygen atoms in total. The largest absolute Gasteiger partial charge is 0.416 e. The summed E-state index contributed by atoms with van der Waals surface area (Å²) in [4.78, 5) is 11.8. The van der Waals surface area contributed by atoms with E-state index < -0.39 is 11.7 Å². The van der Waals surface area contributed by atoms with Crippen molar-refractivity contribution in [2.45, 2.75) is 18.6 Å². The molecule has 0 aromatic heterocycles. The highest BCUT2D eigenvalue weighted by atomic mass is 19.4. The van der Waals surface area contributed by atoms with Crippen molar-refractivity contribution in [3.63, 3.8) is 0 Å². The van der Waals surface area contributed by atoms with Crippen LogP contribution in [0.1, 0.15) is 23.6 Å². The fourth-order valence-corrected chi connectivity index (χ4v) is 2.35. The lowest BCUT2D eigenvalue weighted by Gasteiger charge is -2.27. The van der Waals surface area contributed by atoms with Gasteiger partial charge in [0.15, 0.2) is 0 Å². The van der Waals surface area contributed by atoms with Crippen LogP contribution in [-0.4, -0.2) is 41.2 Å². The molecule has 0 bridgehead atoms. The van der Waals surface area contributed by atoms with Crippen molar-refractivity contribution >= 4 is 5.91 Å². The zero-order chi connectivity index (χ0) is 14.9. The molecule has 0 aliphatic carbocycles. The van der Waals surface area contributed by atoms with Crippen molar-refractivity contribution < 1.29 is 23.1 Å². The fraction of sp³-hybridized carbons (Fsp3) is 0.462. The minimum atomic E-state index is -4.36. The van der Waals surface area contributed by atoms with Crippen LogP contribution < -0.4 is 0 Å². The molecule has 1 fully saturated rings. The lowest BCUT2D eigenvalue weighted by atomic mass is 10.0. The van der Waals surface area contributed by atoms with Crippen LogP contribution in [0.2, 0.25) is 0 Å². The fourth-order valence-electron chi connectivity index (χ4n) is 2.35. The van der Waals surface area contributed by atoms with E-state index in [4.69, 9.17) is 5.11 Å². The van der Waals surface area contributed by atoms with Gasteiger partial charge in [0.2, 0.25) is 5.91 Å². The Morgan fingerprint density at radius 3 is 2.40 bits per heavy atom. The molecule has 1 unspecified atom stereocenters. The van der Waals surface area contributed by atoms with Gasteiger partial charge < -0.3 is 5.11 Å². The Bertz CT molecular complexity index is 487. The molecular formula is C13H15F3N2O2. The van der Waals surface area contributed by atoms with Gasteiger partial charge in [-0.2, -0.15) is 13.2 Å². The molecule has 110 valence electrons. The molecule has 0 radical (unpaired) electrons. The molecular weight excluding hydrogens is 273 g/mol. The van der Waals surface area contributed by atoms with E-state index in [2.05, 4.69) is 0 Å². The summed E-state index contributed by atoms with van der Waals surface area (Å²) >= 11 is 0. The number of hydrazine groups is 1. The van der Waals surface area contributed by atoms with Crippen molar-refractivity contribution in [3.05, 3.63) is 35.4 Å². The number of aliphatic hydroxyl groups excluding tert-OH is 1. The average Bonchev–Trinajstić information content (AvgIpc) is 2.66. The molecule has 1 N–H and O–H groups in total. The molecule has 7 heteroatoms. The predicted molar refractivity (Wildman–Crippen MR) is 65.4 cm³/mol. The molecule has 1 aliphatic heterocycles. The molecule has 1 aliphatic rings. The maximum Gasteiger partial charge on any atom is 0.416 e. The Hall–Kier alpha value is -1.60. The van der Waals surface area contributed by atoms with Crippen LogP contribution in [0.4, 0.5) is 13.2 Å². The van der Waals surface area contributed by atoms with Crippen LogP contribution >= 0.6 is 0 Å². The molecule has 0 saturated carbocycles. The Labute approximate surface area is 114 Å². The third-order valence-electron chi connectivity index (χ3n) is 3.42. The number of aliphatic hydroxyl groups is 1. The molecule has 1 aromatic rings. The first-order valence-electron chi connectivity index (χ1n) is 6.15. The molecule has 0 spiro atoms. The molecule has 2 rings (SSSR count). The van der Waals surface area contributed by atoms with Gasteiger partial charge in [0.25, 0.3) is 0 Å². The van der Waals surface area contributed by atoms with Crippen molar-refractivity contribution in [3.8, 4) is 0 Å². The van der Waals surface area contributed by atoms with Crippen molar-refractivity contribution in [2.24, 2.45) is 0 Å². The van der Waals surface area contributed by atoms with Gasteiger partial charge in [0, 0.05) is 13.5 Å². The number of β-amino-alcohol motifs (C(OH)–C–C–N with tert-alkyl or cyclic N) is 1. The molecule has 1 saturated heterocycles. The van der Waals surface area contributed by atoms with Gasteiger partial charge >= 0.3 is 6.18 Å². The SMILES string of the molecule is CN1C(c2ccc(C(F)(F)F)cc2)CC(=O)N1CCO. The maximum atomic E-state index is 12.5. The van der Waals surface area contributed by atoms with Crippen molar-refractivity contribution in [1.29, 1.82) is 0 Å². The summed E-state index contributed by atoms with van der Waals surface area (Å²) in [5, 5.41) is 12.0. The van der Waals surface area contributed by atoms with Crippen LogP contribution in [0.25, 0.3) is 0 Å². The number of rotatable bonds is 3. The third kappa shape index (κ3) is 2.78. The highest BCUT2D eigenvalue weighted by Crippen LogP contribution is 2.34. The Morgan fingerprint density at radius 2 is 1.90 bits per heavy atom. The summed E-state index contributed by atoms with van der Waals surface area (Å²) < 4.78 is 37.5. The molecule has 1 amide bonds. The molecule has 1 aromatic carbocycles. The van der Waals surface area contributed by atoms with Gasteiger partial charge in [-0.1, -0.05) is 12.1 Å². The number of alkyl halides is 3. The number of carbonyl (C=O) groups excluding carboxylic acids is 1. The second-order valence-electron chi connectivity index (χ2n) is 4.65. The maximum absolute atomic E-state index is 12.5. The van der Waals surface area contributed by atoms with Crippen LogP contribution in [0.15, 0.2) is 24.3 Å². The van der Waals surface area contributed by atoms with Gasteiger partial charge in [-0.05, 0) is 17.7 Å². The minimum Gasteiger partial charge on any atom is -0.394 e. The first-order valence-corrected chi connectivity index (χ1v) is 6.15. The summed E-state index contributed by atoms with van der Waals surface area (Å²) in [6.07, 6.45) is -4.17. The molecule has 20 heavy (non-hydrogen) atoms. The van der Waals surface area contributed by atoms with Crippen LogP contribution in [0, 0.1) is 0 Å². The van der Waals surface area contributed by atoms with Gasteiger partial charge in [0.1, 0.15) is 0 Å². The van der Waals surface area contributed by atoms with Gasteiger partial charge in [-0.15, -0.1) is 0 Å². The van der Waals surface area contributed by atoms with E-state index in [0.717, 1.165) is 12.1 Å². The number of halogens is 3. The average molecular weight is 288 g/mol. The third-order valence-corrected chi connectivity index (χ3v) is 3.42. The van der Waals surface area contributed by atoms with Gasteiger partial charge in [-0.3, -0.25) is 9.80 Å². The van der Waals surface area contributed by atoms with E-state index in [-0.39, 0.29) is 31.5 Å². The highest BCUT2D eigenvalue weighted by Gasteiger charge is 2.36. The zero-order valence-corrected chi connectivity index (χ0v) is 10.9. The number of carbonyl (C=O) groups is 1. The summed E-state index contributed by atoms with van der Waals surface area (Å²) in [6.45, 7) is 0.0300. The second kappa shape index (κ2) is 5.41. The summed E-state index contributed by atoms with van der Waals surface area (Å²) in [5.41, 5.74) is -0.0604. The second-order valence-corrected chi connectivity index (χ2v) is 4.65.